The van der Waals surface area contributed by atoms with Crippen molar-refractivity contribution >= 4 is 28.3 Å². The highest BCUT2D eigenvalue weighted by atomic mass is 16.2. The van der Waals surface area contributed by atoms with E-state index in [4.69, 9.17) is 4.98 Å². The van der Waals surface area contributed by atoms with Gasteiger partial charge in [-0.05, 0) is 81.1 Å². The molecule has 5 nitrogen and oxygen atoms in total. The fourth-order valence-corrected chi connectivity index (χ4v) is 5.67. The monoisotopic (exact) mass is 436 g/mol. The summed E-state index contributed by atoms with van der Waals surface area (Å²) in [5.41, 5.74) is 9.47. The van der Waals surface area contributed by atoms with E-state index in [0.29, 0.717) is 6.54 Å². The molecular formula is C28H28N4O. The van der Waals surface area contributed by atoms with Gasteiger partial charge in [0, 0.05) is 23.4 Å². The zero-order chi connectivity index (χ0) is 23.1. The Labute approximate surface area is 194 Å². The maximum Gasteiger partial charge on any atom is 0.279 e. The van der Waals surface area contributed by atoms with Gasteiger partial charge in [0.05, 0.1) is 16.7 Å². The van der Waals surface area contributed by atoms with Crippen molar-refractivity contribution < 1.29 is 4.79 Å². The van der Waals surface area contributed by atoms with Crippen LogP contribution in [0.1, 0.15) is 41.2 Å². The van der Waals surface area contributed by atoms with Crippen LogP contribution in [0, 0.1) is 27.7 Å². The van der Waals surface area contributed by atoms with Crippen molar-refractivity contribution in [1.82, 2.24) is 9.55 Å². The quantitative estimate of drug-likeness (QED) is 0.431. The molecule has 1 N–H and O–H groups in total. The molecule has 3 aromatic carbocycles. The third-order valence-electron chi connectivity index (χ3n) is 7.20. The van der Waals surface area contributed by atoms with Crippen LogP contribution >= 0.6 is 0 Å². The smallest absolute Gasteiger partial charge is 0.279 e. The first kappa shape index (κ1) is 20.0. The average Bonchev–Trinajstić information content (AvgIpc) is 3.25. The zero-order valence-corrected chi connectivity index (χ0v) is 19.8. The van der Waals surface area contributed by atoms with Crippen molar-refractivity contribution in [3.05, 3.63) is 76.3 Å². The summed E-state index contributed by atoms with van der Waals surface area (Å²) in [7, 11) is 0. The molecule has 0 fully saturated rings. The molecule has 6 rings (SSSR count). The van der Waals surface area contributed by atoms with Crippen LogP contribution in [0.4, 0.5) is 11.4 Å². The standard InChI is InChI=1S/C28H28N4O/c1-6-11-31-25-19(5)12-16(2)13-21(25)28(27(31)33)30-22-10-8-7-9-20(22)26-29-23-14-17(3)18(4)15-24(23)32(26)28/h7-10,12-15,30H,6,11H2,1-5H3. The van der Waals surface area contributed by atoms with Gasteiger partial charge in [-0.3, -0.25) is 9.36 Å². The number of rotatable bonds is 2. The van der Waals surface area contributed by atoms with Crippen molar-refractivity contribution in [3.63, 3.8) is 0 Å². The highest BCUT2D eigenvalue weighted by Gasteiger charge is 2.56. The lowest BCUT2D eigenvalue weighted by Crippen LogP contribution is -2.53. The first-order valence-electron chi connectivity index (χ1n) is 11.7. The summed E-state index contributed by atoms with van der Waals surface area (Å²) < 4.78 is 2.16. The molecule has 1 spiro atoms. The Morgan fingerprint density at radius 3 is 2.52 bits per heavy atom. The predicted octanol–water partition coefficient (Wildman–Crippen LogP) is 5.82. The minimum absolute atomic E-state index is 0.0568. The maximum absolute atomic E-state index is 14.5. The predicted molar refractivity (Wildman–Crippen MR) is 134 cm³/mol. The van der Waals surface area contributed by atoms with Crippen LogP contribution in [-0.2, 0) is 10.5 Å². The summed E-state index contributed by atoms with van der Waals surface area (Å²) in [6.45, 7) is 11.2. The molecule has 0 radical (unpaired) electrons. The van der Waals surface area contributed by atoms with Crippen LogP contribution in [0.5, 0.6) is 0 Å². The third-order valence-corrected chi connectivity index (χ3v) is 7.20. The number of nitrogens with one attached hydrogen (secondary N) is 1. The van der Waals surface area contributed by atoms with Crippen molar-refractivity contribution in [2.24, 2.45) is 0 Å². The van der Waals surface area contributed by atoms with E-state index in [1.165, 1.54) is 11.1 Å². The van der Waals surface area contributed by atoms with E-state index >= 15 is 0 Å². The Hall–Kier alpha value is -3.60. The van der Waals surface area contributed by atoms with Crippen molar-refractivity contribution in [2.45, 2.75) is 46.7 Å². The van der Waals surface area contributed by atoms with Crippen molar-refractivity contribution in [3.8, 4) is 11.4 Å². The Bertz CT molecular complexity index is 1480. The Balaban J connectivity index is 1.79. The summed E-state index contributed by atoms with van der Waals surface area (Å²) >= 11 is 0. The summed E-state index contributed by atoms with van der Waals surface area (Å²) in [5, 5.41) is 3.72. The van der Waals surface area contributed by atoms with Gasteiger partial charge >= 0.3 is 0 Å². The third kappa shape index (κ3) is 2.48. The van der Waals surface area contributed by atoms with Crippen LogP contribution in [0.2, 0.25) is 0 Å². The number of carbonyl (C=O) groups excluding carboxylic acids is 1. The number of amides is 1. The Morgan fingerprint density at radius 1 is 0.970 bits per heavy atom. The molecule has 3 heterocycles. The van der Waals surface area contributed by atoms with Crippen LogP contribution in [0.15, 0.2) is 48.5 Å². The molecule has 0 saturated heterocycles. The van der Waals surface area contributed by atoms with Crippen LogP contribution in [0.3, 0.4) is 0 Å². The second-order valence-electron chi connectivity index (χ2n) is 9.51. The largest absolute Gasteiger partial charge is 0.350 e. The number of imidazole rings is 1. The lowest BCUT2D eigenvalue weighted by atomic mass is 9.92. The fourth-order valence-electron chi connectivity index (χ4n) is 5.67. The number of anilines is 2. The van der Waals surface area contributed by atoms with Gasteiger partial charge in [0.2, 0.25) is 5.66 Å². The highest BCUT2D eigenvalue weighted by molar-refractivity contribution is 6.12. The van der Waals surface area contributed by atoms with E-state index < -0.39 is 5.66 Å². The van der Waals surface area contributed by atoms with Gasteiger partial charge in [-0.2, -0.15) is 0 Å². The Morgan fingerprint density at radius 2 is 1.73 bits per heavy atom. The van der Waals surface area contributed by atoms with E-state index in [1.54, 1.807) is 0 Å². The number of para-hydroxylation sites is 1. The first-order valence-corrected chi connectivity index (χ1v) is 11.7. The molecule has 0 bridgehead atoms. The molecule has 166 valence electrons. The van der Waals surface area contributed by atoms with Gasteiger partial charge in [0.25, 0.3) is 5.91 Å². The van der Waals surface area contributed by atoms with E-state index in [-0.39, 0.29) is 5.91 Å². The summed E-state index contributed by atoms with van der Waals surface area (Å²) in [5.74, 6) is 0.891. The Kier molecular flexibility index (Phi) is 4.07. The summed E-state index contributed by atoms with van der Waals surface area (Å²) in [6.07, 6.45) is 0.890. The molecule has 33 heavy (non-hydrogen) atoms. The number of fused-ring (bicyclic) bond motifs is 8. The van der Waals surface area contributed by atoms with E-state index in [2.05, 4.69) is 80.9 Å². The molecule has 2 aliphatic heterocycles. The minimum Gasteiger partial charge on any atom is -0.350 e. The topological polar surface area (TPSA) is 50.2 Å². The zero-order valence-electron chi connectivity index (χ0n) is 19.8. The van der Waals surface area contributed by atoms with E-state index in [1.807, 2.05) is 17.0 Å². The molecular weight excluding hydrogens is 408 g/mol. The van der Waals surface area contributed by atoms with Gasteiger partial charge in [0.1, 0.15) is 5.82 Å². The number of hydrogen-bond acceptors (Lipinski definition) is 3. The van der Waals surface area contributed by atoms with Gasteiger partial charge in [0.15, 0.2) is 0 Å². The number of nitrogens with zero attached hydrogens (tertiary/aromatic N) is 3. The van der Waals surface area contributed by atoms with Crippen molar-refractivity contribution in [1.29, 1.82) is 0 Å². The van der Waals surface area contributed by atoms with E-state index in [9.17, 15) is 4.79 Å². The first-order chi connectivity index (χ1) is 15.9. The van der Waals surface area contributed by atoms with Gasteiger partial charge in [-0.1, -0.05) is 30.7 Å². The van der Waals surface area contributed by atoms with Gasteiger partial charge in [-0.15, -0.1) is 0 Å². The van der Waals surface area contributed by atoms with Crippen LogP contribution in [0.25, 0.3) is 22.4 Å². The van der Waals surface area contributed by atoms with Crippen molar-refractivity contribution in [2.75, 3.05) is 16.8 Å². The minimum atomic E-state index is -1.07. The van der Waals surface area contributed by atoms with Gasteiger partial charge < -0.3 is 10.2 Å². The molecule has 4 aromatic rings. The SMILES string of the molecule is CCCN1C(=O)C2(Nc3ccccc3-c3nc4cc(C)c(C)cc4n32)c2cc(C)cc(C)c21. The molecule has 5 heteroatoms. The molecule has 1 unspecified atom stereocenters. The lowest BCUT2D eigenvalue weighted by molar-refractivity contribution is -0.123. The fraction of sp³-hybridized carbons (Fsp3) is 0.286. The average molecular weight is 437 g/mol. The molecule has 0 aliphatic carbocycles. The lowest BCUT2D eigenvalue weighted by Gasteiger charge is -2.38. The normalized spacial score (nSPS) is 18.5. The second kappa shape index (κ2) is 6.70. The van der Waals surface area contributed by atoms with Crippen LogP contribution < -0.4 is 10.2 Å². The van der Waals surface area contributed by atoms with Crippen LogP contribution in [-0.4, -0.2) is 22.0 Å². The number of aryl methyl sites for hydroxylation is 4. The molecule has 1 atom stereocenters. The van der Waals surface area contributed by atoms with E-state index in [0.717, 1.165) is 56.9 Å². The number of hydrogen-bond donors (Lipinski definition) is 1. The summed E-state index contributed by atoms with van der Waals surface area (Å²) in [6, 6.07) is 16.8. The number of benzene rings is 3. The molecule has 0 saturated carbocycles. The highest BCUT2D eigenvalue weighted by Crippen LogP contribution is 2.52. The van der Waals surface area contributed by atoms with Gasteiger partial charge in [-0.25, -0.2) is 4.98 Å². The molecule has 1 amide bonds. The maximum atomic E-state index is 14.5. The summed E-state index contributed by atoms with van der Waals surface area (Å²) in [4.78, 5) is 21.5. The number of aromatic nitrogens is 2. The molecule has 1 aromatic heterocycles. The number of carbonyl (C=O) groups is 1. The second-order valence-corrected chi connectivity index (χ2v) is 9.51. The molecule has 2 aliphatic rings.